The van der Waals surface area contributed by atoms with Gasteiger partial charge in [-0.15, -0.1) is 0 Å². The highest BCUT2D eigenvalue weighted by Crippen LogP contribution is 2.09. The maximum Gasteiger partial charge on any atom is 0.221 e. The zero-order valence-electron chi connectivity index (χ0n) is 9.91. The van der Waals surface area contributed by atoms with Gasteiger partial charge in [0, 0.05) is 40.8 Å². The van der Waals surface area contributed by atoms with Gasteiger partial charge in [0.25, 0.3) is 0 Å². The second kappa shape index (κ2) is 7.01. The first-order valence-corrected chi connectivity index (χ1v) is 7.50. The zero-order chi connectivity index (χ0) is 12.0. The Bertz CT molecular complexity index is 248. The fourth-order valence-corrected chi connectivity index (χ4v) is 3.23. The van der Waals surface area contributed by atoms with Crippen molar-refractivity contribution in [1.29, 1.82) is 0 Å². The van der Waals surface area contributed by atoms with E-state index in [1.165, 1.54) is 0 Å². The lowest BCUT2D eigenvalue weighted by atomic mass is 10.1. The third-order valence-electron chi connectivity index (χ3n) is 2.86. The van der Waals surface area contributed by atoms with Crippen molar-refractivity contribution in [3.8, 4) is 0 Å². The predicted octanol–water partition coefficient (Wildman–Crippen LogP) is 0.531. The Morgan fingerprint density at radius 2 is 2.12 bits per heavy atom. The Morgan fingerprint density at radius 1 is 1.50 bits per heavy atom. The van der Waals surface area contributed by atoms with E-state index in [1.54, 1.807) is 0 Å². The van der Waals surface area contributed by atoms with Gasteiger partial charge in [-0.3, -0.25) is 9.00 Å². The van der Waals surface area contributed by atoms with Gasteiger partial charge in [0.05, 0.1) is 0 Å². The molecular formula is C11H22N2O2S. The third kappa shape index (κ3) is 5.07. The van der Waals surface area contributed by atoms with Gasteiger partial charge in [-0.2, -0.15) is 0 Å². The smallest absolute Gasteiger partial charge is 0.221 e. The molecule has 0 aromatic rings. The molecule has 16 heavy (non-hydrogen) atoms. The van der Waals surface area contributed by atoms with Crippen molar-refractivity contribution in [2.45, 2.75) is 51.1 Å². The van der Waals surface area contributed by atoms with Crippen molar-refractivity contribution >= 4 is 16.7 Å². The van der Waals surface area contributed by atoms with Gasteiger partial charge in [0.2, 0.25) is 5.91 Å². The average Bonchev–Trinajstić information content (AvgIpc) is 2.21. The molecule has 0 bridgehead atoms. The van der Waals surface area contributed by atoms with E-state index >= 15 is 0 Å². The molecule has 1 heterocycles. The van der Waals surface area contributed by atoms with E-state index in [9.17, 15) is 9.00 Å². The summed E-state index contributed by atoms with van der Waals surface area (Å²) in [5.41, 5.74) is 5.80. The molecule has 0 aliphatic carbocycles. The van der Waals surface area contributed by atoms with E-state index in [4.69, 9.17) is 5.73 Å². The van der Waals surface area contributed by atoms with Crippen LogP contribution in [0.4, 0.5) is 0 Å². The van der Waals surface area contributed by atoms with Gasteiger partial charge in [-0.05, 0) is 19.3 Å². The number of carbonyl (C=O) groups is 1. The largest absolute Gasteiger partial charge is 0.353 e. The van der Waals surface area contributed by atoms with Gasteiger partial charge >= 0.3 is 0 Å². The summed E-state index contributed by atoms with van der Waals surface area (Å²) in [5, 5.41) is 2.98. The van der Waals surface area contributed by atoms with Gasteiger partial charge in [-0.25, -0.2) is 0 Å². The molecular weight excluding hydrogens is 224 g/mol. The van der Waals surface area contributed by atoms with Crippen LogP contribution in [0.25, 0.3) is 0 Å². The first kappa shape index (κ1) is 13.6. The van der Waals surface area contributed by atoms with Crippen LogP contribution in [0.5, 0.6) is 0 Å². The maximum atomic E-state index is 11.6. The summed E-state index contributed by atoms with van der Waals surface area (Å²) < 4.78 is 11.1. The van der Waals surface area contributed by atoms with E-state index in [0.717, 1.165) is 25.7 Å². The molecule has 0 spiro atoms. The van der Waals surface area contributed by atoms with Crippen LogP contribution < -0.4 is 11.1 Å². The summed E-state index contributed by atoms with van der Waals surface area (Å²) in [5.74, 6) is 1.47. The summed E-state index contributed by atoms with van der Waals surface area (Å²) in [7, 11) is -0.665. The standard InChI is InChI=1S/C11H22N2O2S/c1-2-3-9(12)8-11(14)13-10-4-6-16(15)7-5-10/h9-10H,2-8,12H2,1H3,(H,13,14). The van der Waals surface area contributed by atoms with E-state index in [0.29, 0.717) is 17.9 Å². The molecule has 3 N–H and O–H groups in total. The molecule has 1 rings (SSSR count). The van der Waals surface area contributed by atoms with Crippen molar-refractivity contribution < 1.29 is 9.00 Å². The fraction of sp³-hybridized carbons (Fsp3) is 0.909. The van der Waals surface area contributed by atoms with Crippen LogP contribution >= 0.6 is 0 Å². The maximum absolute atomic E-state index is 11.6. The lowest BCUT2D eigenvalue weighted by Crippen LogP contribution is -2.41. The monoisotopic (exact) mass is 246 g/mol. The lowest BCUT2D eigenvalue weighted by Gasteiger charge is -2.23. The molecule has 1 aliphatic rings. The Labute approximate surface area is 99.8 Å². The Morgan fingerprint density at radius 3 is 2.69 bits per heavy atom. The Hall–Kier alpha value is -0.420. The molecule has 0 saturated carbocycles. The molecule has 5 heteroatoms. The highest BCUT2D eigenvalue weighted by Gasteiger charge is 2.20. The molecule has 1 atom stereocenters. The molecule has 1 fully saturated rings. The van der Waals surface area contributed by atoms with Crippen molar-refractivity contribution in [3.63, 3.8) is 0 Å². The second-order valence-corrected chi connectivity index (χ2v) is 6.14. The summed E-state index contributed by atoms with van der Waals surface area (Å²) >= 11 is 0. The second-order valence-electron chi connectivity index (χ2n) is 4.44. The number of nitrogens with one attached hydrogen (secondary N) is 1. The van der Waals surface area contributed by atoms with Gasteiger partial charge in [0.15, 0.2) is 0 Å². The molecule has 4 nitrogen and oxygen atoms in total. The SMILES string of the molecule is CCCC(N)CC(=O)NC1CCS(=O)CC1. The number of nitrogens with two attached hydrogens (primary N) is 1. The molecule has 0 aromatic carbocycles. The molecule has 1 aliphatic heterocycles. The topological polar surface area (TPSA) is 72.2 Å². The quantitative estimate of drug-likeness (QED) is 0.743. The Kier molecular flexibility index (Phi) is 5.98. The van der Waals surface area contributed by atoms with E-state index in [2.05, 4.69) is 12.2 Å². The van der Waals surface area contributed by atoms with Gasteiger partial charge < -0.3 is 11.1 Å². The van der Waals surface area contributed by atoms with Crippen molar-refractivity contribution in [2.24, 2.45) is 5.73 Å². The van der Waals surface area contributed by atoms with E-state index in [-0.39, 0.29) is 18.0 Å². The number of hydrogen-bond donors (Lipinski definition) is 2. The first-order chi connectivity index (χ1) is 7.61. The van der Waals surface area contributed by atoms with Crippen LogP contribution in [0.2, 0.25) is 0 Å². The molecule has 1 amide bonds. The lowest BCUT2D eigenvalue weighted by molar-refractivity contribution is -0.122. The van der Waals surface area contributed by atoms with Crippen LogP contribution in [0.3, 0.4) is 0 Å². The van der Waals surface area contributed by atoms with Crippen LogP contribution in [-0.4, -0.2) is 33.7 Å². The molecule has 0 aromatic heterocycles. The van der Waals surface area contributed by atoms with Crippen LogP contribution in [0.1, 0.15) is 39.0 Å². The van der Waals surface area contributed by atoms with Gasteiger partial charge in [0.1, 0.15) is 0 Å². The summed E-state index contributed by atoms with van der Waals surface area (Å²) in [6, 6.07) is 0.182. The number of rotatable bonds is 5. The van der Waals surface area contributed by atoms with Crippen LogP contribution in [0.15, 0.2) is 0 Å². The summed E-state index contributed by atoms with van der Waals surface area (Å²) in [6.07, 6.45) is 3.98. The summed E-state index contributed by atoms with van der Waals surface area (Å²) in [4.78, 5) is 11.6. The third-order valence-corrected chi connectivity index (χ3v) is 4.24. The zero-order valence-corrected chi connectivity index (χ0v) is 10.7. The molecule has 1 saturated heterocycles. The predicted molar refractivity (Wildman–Crippen MR) is 66.5 cm³/mol. The highest BCUT2D eigenvalue weighted by molar-refractivity contribution is 7.85. The Balaban J connectivity index is 2.21. The van der Waals surface area contributed by atoms with Crippen molar-refractivity contribution in [1.82, 2.24) is 5.32 Å². The van der Waals surface area contributed by atoms with Crippen molar-refractivity contribution in [2.75, 3.05) is 11.5 Å². The van der Waals surface area contributed by atoms with Gasteiger partial charge in [-0.1, -0.05) is 13.3 Å². The normalized spacial score (nSPS) is 27.4. The molecule has 0 radical (unpaired) electrons. The fourth-order valence-electron chi connectivity index (χ4n) is 1.94. The average molecular weight is 246 g/mol. The van der Waals surface area contributed by atoms with Crippen LogP contribution in [-0.2, 0) is 15.6 Å². The number of hydrogen-bond acceptors (Lipinski definition) is 3. The number of carbonyl (C=O) groups excluding carboxylic acids is 1. The minimum absolute atomic E-state index is 0.0253. The van der Waals surface area contributed by atoms with Crippen molar-refractivity contribution in [3.05, 3.63) is 0 Å². The molecule has 1 unspecified atom stereocenters. The molecule has 94 valence electrons. The highest BCUT2D eigenvalue weighted by atomic mass is 32.2. The van der Waals surface area contributed by atoms with Crippen LogP contribution in [0, 0.1) is 0 Å². The summed E-state index contributed by atoms with van der Waals surface area (Å²) in [6.45, 7) is 2.06. The van der Waals surface area contributed by atoms with E-state index < -0.39 is 10.8 Å². The minimum Gasteiger partial charge on any atom is -0.353 e. The first-order valence-electron chi connectivity index (χ1n) is 6.01. The number of amides is 1. The minimum atomic E-state index is -0.665. The van der Waals surface area contributed by atoms with E-state index in [1.807, 2.05) is 0 Å².